The number of esters is 1. The number of ether oxygens (including phenoxy) is 2. The molecule has 106 valence electrons. The Bertz CT molecular complexity index is 586. The van der Waals surface area contributed by atoms with Gasteiger partial charge in [-0.15, -0.1) is 0 Å². The maximum Gasteiger partial charge on any atom is 0.326 e. The first-order valence-electron chi connectivity index (χ1n) is 6.56. The van der Waals surface area contributed by atoms with Crippen LogP contribution in [0, 0.1) is 0 Å². The zero-order valence-electron chi connectivity index (χ0n) is 11.6. The standard InChI is InChI=1S/C15H18N2O3/c1-3-19-15(18)14(16-2)10-20-12-7-6-11-5-4-8-17-13(11)9-12/h4-9,14,16H,3,10H2,1-2H3. The van der Waals surface area contributed by atoms with Crippen molar-refractivity contribution in [2.75, 3.05) is 20.3 Å². The van der Waals surface area contributed by atoms with Crippen molar-refractivity contribution < 1.29 is 14.3 Å². The van der Waals surface area contributed by atoms with Crippen LogP contribution in [0.2, 0.25) is 0 Å². The van der Waals surface area contributed by atoms with E-state index >= 15 is 0 Å². The molecule has 1 unspecified atom stereocenters. The Kier molecular flexibility index (Phi) is 4.90. The number of rotatable bonds is 6. The molecule has 20 heavy (non-hydrogen) atoms. The molecule has 0 saturated heterocycles. The van der Waals surface area contributed by atoms with Crippen LogP contribution < -0.4 is 10.1 Å². The fraction of sp³-hybridized carbons (Fsp3) is 0.333. The molecule has 0 fully saturated rings. The molecular weight excluding hydrogens is 256 g/mol. The number of nitrogens with one attached hydrogen (secondary N) is 1. The zero-order valence-corrected chi connectivity index (χ0v) is 11.6. The predicted molar refractivity (Wildman–Crippen MR) is 76.7 cm³/mol. The van der Waals surface area contributed by atoms with E-state index in [0.29, 0.717) is 12.4 Å². The third kappa shape index (κ3) is 3.45. The molecule has 0 spiro atoms. The number of aromatic nitrogens is 1. The SMILES string of the molecule is CCOC(=O)C(COc1ccc2cccnc2c1)NC. The van der Waals surface area contributed by atoms with Crippen LogP contribution in [-0.2, 0) is 9.53 Å². The first kappa shape index (κ1) is 14.3. The number of benzene rings is 1. The highest BCUT2D eigenvalue weighted by molar-refractivity contribution is 5.79. The van der Waals surface area contributed by atoms with Gasteiger partial charge in [-0.3, -0.25) is 9.78 Å². The van der Waals surface area contributed by atoms with Gasteiger partial charge < -0.3 is 14.8 Å². The van der Waals surface area contributed by atoms with Crippen molar-refractivity contribution in [1.82, 2.24) is 10.3 Å². The first-order chi connectivity index (χ1) is 9.74. The van der Waals surface area contributed by atoms with E-state index in [0.717, 1.165) is 10.9 Å². The van der Waals surface area contributed by atoms with Crippen molar-refractivity contribution in [1.29, 1.82) is 0 Å². The van der Waals surface area contributed by atoms with E-state index in [4.69, 9.17) is 9.47 Å². The Morgan fingerprint density at radius 2 is 2.25 bits per heavy atom. The van der Waals surface area contributed by atoms with Gasteiger partial charge >= 0.3 is 5.97 Å². The van der Waals surface area contributed by atoms with E-state index < -0.39 is 6.04 Å². The highest BCUT2D eigenvalue weighted by Crippen LogP contribution is 2.18. The van der Waals surface area contributed by atoms with E-state index in [1.54, 1.807) is 20.2 Å². The summed E-state index contributed by atoms with van der Waals surface area (Å²) in [6, 6.07) is 9.06. The number of hydrogen-bond acceptors (Lipinski definition) is 5. The number of nitrogens with zero attached hydrogens (tertiary/aromatic N) is 1. The Balaban J connectivity index is 2.02. The van der Waals surface area contributed by atoms with E-state index in [1.807, 2.05) is 30.3 Å². The van der Waals surface area contributed by atoms with Gasteiger partial charge in [0.05, 0.1) is 12.1 Å². The summed E-state index contributed by atoms with van der Waals surface area (Å²) < 4.78 is 10.6. The lowest BCUT2D eigenvalue weighted by atomic mass is 10.2. The summed E-state index contributed by atoms with van der Waals surface area (Å²) in [5.41, 5.74) is 0.863. The highest BCUT2D eigenvalue weighted by atomic mass is 16.5. The molecule has 1 N–H and O–H groups in total. The predicted octanol–water partition coefficient (Wildman–Crippen LogP) is 1.76. The minimum atomic E-state index is -0.477. The van der Waals surface area contributed by atoms with E-state index in [2.05, 4.69) is 10.3 Å². The molecule has 1 heterocycles. The van der Waals surface area contributed by atoms with Crippen molar-refractivity contribution in [3.8, 4) is 5.75 Å². The Hall–Kier alpha value is -2.14. The van der Waals surface area contributed by atoms with E-state index in [-0.39, 0.29) is 12.6 Å². The zero-order chi connectivity index (χ0) is 14.4. The lowest BCUT2D eigenvalue weighted by Crippen LogP contribution is -2.40. The van der Waals surface area contributed by atoms with Crippen LogP contribution in [0.15, 0.2) is 36.5 Å². The molecule has 5 nitrogen and oxygen atoms in total. The van der Waals surface area contributed by atoms with E-state index in [1.165, 1.54) is 0 Å². The number of carbonyl (C=O) groups is 1. The fourth-order valence-electron chi connectivity index (χ4n) is 1.83. The Morgan fingerprint density at radius 1 is 1.40 bits per heavy atom. The summed E-state index contributed by atoms with van der Waals surface area (Å²) in [7, 11) is 1.70. The van der Waals surface area contributed by atoms with Gasteiger partial charge in [-0.25, -0.2) is 0 Å². The summed E-state index contributed by atoms with van der Waals surface area (Å²) in [6.45, 7) is 2.35. The van der Waals surface area contributed by atoms with Crippen LogP contribution in [0.3, 0.4) is 0 Å². The molecule has 1 atom stereocenters. The van der Waals surface area contributed by atoms with Crippen molar-refractivity contribution in [2.24, 2.45) is 0 Å². The molecule has 1 aromatic heterocycles. The lowest BCUT2D eigenvalue weighted by Gasteiger charge is -2.15. The smallest absolute Gasteiger partial charge is 0.326 e. The summed E-state index contributed by atoms with van der Waals surface area (Å²) in [5, 5.41) is 3.93. The maximum atomic E-state index is 11.6. The molecule has 0 aliphatic rings. The van der Waals surface area contributed by atoms with Crippen LogP contribution in [0.5, 0.6) is 5.75 Å². The van der Waals surface area contributed by atoms with Gasteiger partial charge in [-0.2, -0.15) is 0 Å². The minimum absolute atomic E-state index is 0.216. The Morgan fingerprint density at radius 3 is 3.00 bits per heavy atom. The van der Waals surface area contributed by atoms with Crippen LogP contribution in [-0.4, -0.2) is 37.3 Å². The van der Waals surface area contributed by atoms with Gasteiger partial charge in [0, 0.05) is 17.6 Å². The van der Waals surface area contributed by atoms with Gasteiger partial charge in [-0.05, 0) is 32.2 Å². The molecule has 0 radical (unpaired) electrons. The van der Waals surface area contributed by atoms with Crippen LogP contribution in [0.4, 0.5) is 0 Å². The van der Waals surface area contributed by atoms with Crippen LogP contribution in [0.25, 0.3) is 10.9 Å². The second-order valence-corrected chi connectivity index (χ2v) is 4.26. The molecule has 2 rings (SSSR count). The van der Waals surface area contributed by atoms with Gasteiger partial charge in [0.15, 0.2) is 0 Å². The number of carbonyl (C=O) groups excluding carboxylic acids is 1. The number of pyridine rings is 1. The number of fused-ring (bicyclic) bond motifs is 1. The molecule has 0 bridgehead atoms. The molecule has 5 heteroatoms. The van der Waals surface area contributed by atoms with E-state index in [9.17, 15) is 4.79 Å². The molecule has 0 aliphatic carbocycles. The molecule has 2 aromatic rings. The number of likely N-dealkylation sites (N-methyl/N-ethyl adjacent to an activating group) is 1. The van der Waals surface area contributed by atoms with Crippen molar-refractivity contribution in [2.45, 2.75) is 13.0 Å². The van der Waals surface area contributed by atoms with Crippen LogP contribution in [0.1, 0.15) is 6.92 Å². The first-order valence-corrected chi connectivity index (χ1v) is 6.56. The van der Waals surface area contributed by atoms with Crippen molar-refractivity contribution in [3.05, 3.63) is 36.5 Å². The Labute approximate surface area is 117 Å². The van der Waals surface area contributed by atoms with Gasteiger partial charge in [0.1, 0.15) is 18.4 Å². The average Bonchev–Trinajstić information content (AvgIpc) is 2.48. The molecule has 0 aliphatic heterocycles. The normalized spacial score (nSPS) is 12.1. The van der Waals surface area contributed by atoms with Crippen molar-refractivity contribution in [3.63, 3.8) is 0 Å². The van der Waals surface area contributed by atoms with Gasteiger partial charge in [-0.1, -0.05) is 6.07 Å². The fourth-order valence-corrected chi connectivity index (χ4v) is 1.83. The molecular formula is C15H18N2O3. The summed E-state index contributed by atoms with van der Waals surface area (Å²) >= 11 is 0. The molecule has 0 saturated carbocycles. The summed E-state index contributed by atoms with van der Waals surface area (Å²) in [6.07, 6.45) is 1.74. The summed E-state index contributed by atoms with van der Waals surface area (Å²) in [5.74, 6) is 0.370. The topological polar surface area (TPSA) is 60.5 Å². The average molecular weight is 274 g/mol. The second kappa shape index (κ2) is 6.86. The third-order valence-corrected chi connectivity index (χ3v) is 2.91. The largest absolute Gasteiger partial charge is 0.491 e. The minimum Gasteiger partial charge on any atom is -0.491 e. The maximum absolute atomic E-state index is 11.6. The van der Waals surface area contributed by atoms with Gasteiger partial charge in [0.2, 0.25) is 0 Å². The highest BCUT2D eigenvalue weighted by Gasteiger charge is 2.18. The molecule has 0 amide bonds. The van der Waals surface area contributed by atoms with Crippen molar-refractivity contribution >= 4 is 16.9 Å². The van der Waals surface area contributed by atoms with Gasteiger partial charge in [0.25, 0.3) is 0 Å². The summed E-state index contributed by atoms with van der Waals surface area (Å²) in [4.78, 5) is 15.9. The quantitative estimate of drug-likeness (QED) is 0.813. The monoisotopic (exact) mass is 274 g/mol. The molecule has 1 aromatic carbocycles. The number of hydrogen-bond donors (Lipinski definition) is 1. The lowest BCUT2D eigenvalue weighted by molar-refractivity contribution is -0.146. The third-order valence-electron chi connectivity index (χ3n) is 2.91. The van der Waals surface area contributed by atoms with Crippen LogP contribution >= 0.6 is 0 Å². The second-order valence-electron chi connectivity index (χ2n) is 4.26.